The quantitative estimate of drug-likeness (QED) is 0.651. The number of hydroxylamine groups is 2. The van der Waals surface area contributed by atoms with Gasteiger partial charge >= 0.3 is 6.03 Å². The van der Waals surface area contributed by atoms with Gasteiger partial charge in [-0.3, -0.25) is 14.8 Å². The molecule has 2 aromatic rings. The van der Waals surface area contributed by atoms with Crippen molar-refractivity contribution >= 4 is 29.2 Å². The first-order valence-electron chi connectivity index (χ1n) is 10.1. The fourth-order valence-electron chi connectivity index (χ4n) is 3.56. The van der Waals surface area contributed by atoms with E-state index in [0.717, 1.165) is 31.5 Å². The molecule has 0 aliphatic carbocycles. The van der Waals surface area contributed by atoms with Crippen molar-refractivity contribution in [1.82, 2.24) is 25.2 Å². The van der Waals surface area contributed by atoms with Crippen molar-refractivity contribution in [2.24, 2.45) is 0 Å². The second-order valence-corrected chi connectivity index (χ2v) is 8.13. The lowest BCUT2D eigenvalue weighted by Gasteiger charge is -2.36. The highest BCUT2D eigenvalue weighted by Crippen LogP contribution is 2.37. The van der Waals surface area contributed by atoms with E-state index in [1.807, 2.05) is 26.0 Å². The number of nitrogens with zero attached hydrogens (tertiary/aromatic N) is 4. The topological polar surface area (TPSA) is 70.6 Å². The molecule has 7 nitrogen and oxygen atoms in total. The zero-order chi connectivity index (χ0) is 21.7. The lowest BCUT2D eigenvalue weighted by atomic mass is 10.0. The van der Waals surface area contributed by atoms with E-state index in [2.05, 4.69) is 27.2 Å². The Morgan fingerprint density at radius 1 is 1.30 bits per heavy atom. The summed E-state index contributed by atoms with van der Waals surface area (Å²) < 4.78 is 0. The Balaban J connectivity index is 1.75. The van der Waals surface area contributed by atoms with Gasteiger partial charge in [-0.25, -0.2) is 9.86 Å². The summed E-state index contributed by atoms with van der Waals surface area (Å²) in [4.78, 5) is 29.2. The van der Waals surface area contributed by atoms with Gasteiger partial charge in [0.05, 0.1) is 40.6 Å². The van der Waals surface area contributed by atoms with Crippen molar-refractivity contribution in [1.29, 1.82) is 0 Å². The largest absolute Gasteiger partial charge is 0.342 e. The number of amides is 2. The molecule has 1 atom stereocenters. The lowest BCUT2D eigenvalue weighted by molar-refractivity contribution is -0.148. The van der Waals surface area contributed by atoms with Crippen molar-refractivity contribution in [3.05, 3.63) is 46.3 Å². The van der Waals surface area contributed by atoms with Gasteiger partial charge in [0.25, 0.3) is 0 Å². The molecule has 1 unspecified atom stereocenters. The molecule has 3 rings (SSSR count). The van der Waals surface area contributed by atoms with E-state index in [1.165, 1.54) is 5.06 Å². The van der Waals surface area contributed by atoms with E-state index in [-0.39, 0.29) is 18.1 Å². The summed E-state index contributed by atoms with van der Waals surface area (Å²) in [5, 5.41) is 5.24. The Bertz CT molecular complexity index is 860. The van der Waals surface area contributed by atoms with Crippen molar-refractivity contribution in [2.45, 2.75) is 38.8 Å². The van der Waals surface area contributed by atoms with Crippen molar-refractivity contribution in [3.8, 4) is 11.3 Å². The van der Waals surface area contributed by atoms with Crippen LogP contribution in [-0.2, 0) is 4.84 Å². The third-order valence-electron chi connectivity index (χ3n) is 5.25. The minimum atomic E-state index is -0.354. The summed E-state index contributed by atoms with van der Waals surface area (Å²) >= 11 is 13.1. The molecule has 0 radical (unpaired) electrons. The molecule has 1 saturated heterocycles. The molecule has 1 N–H and O–H groups in total. The summed E-state index contributed by atoms with van der Waals surface area (Å²) in [6.45, 7) is 6.04. The zero-order valence-corrected chi connectivity index (χ0v) is 19.0. The van der Waals surface area contributed by atoms with E-state index in [1.54, 1.807) is 18.6 Å². The third kappa shape index (κ3) is 5.21. The van der Waals surface area contributed by atoms with Gasteiger partial charge < -0.3 is 10.2 Å². The summed E-state index contributed by atoms with van der Waals surface area (Å²) in [5.41, 5.74) is 2.05. The summed E-state index contributed by atoms with van der Waals surface area (Å²) in [5.74, 6) is 0. The van der Waals surface area contributed by atoms with Gasteiger partial charge in [-0.1, -0.05) is 35.3 Å². The van der Waals surface area contributed by atoms with Crippen LogP contribution in [-0.4, -0.2) is 58.7 Å². The third-order valence-corrected chi connectivity index (χ3v) is 6.14. The Labute approximate surface area is 187 Å². The highest BCUT2D eigenvalue weighted by atomic mass is 35.5. The maximum absolute atomic E-state index is 13.0. The zero-order valence-electron chi connectivity index (χ0n) is 17.4. The van der Waals surface area contributed by atoms with Crippen LogP contribution in [0.1, 0.15) is 38.3 Å². The van der Waals surface area contributed by atoms with Crippen LogP contribution >= 0.6 is 23.2 Å². The number of benzene rings is 1. The van der Waals surface area contributed by atoms with E-state index in [4.69, 9.17) is 28.0 Å². The monoisotopic (exact) mass is 451 g/mol. The fourth-order valence-corrected chi connectivity index (χ4v) is 4.16. The number of urea groups is 1. The molecule has 1 aliphatic rings. The van der Waals surface area contributed by atoms with Gasteiger partial charge in [-0.05, 0) is 52.4 Å². The number of carbonyl (C=O) groups excluding carboxylic acids is 1. The Kier molecular flexibility index (Phi) is 7.88. The van der Waals surface area contributed by atoms with Crippen molar-refractivity contribution in [2.75, 3.05) is 26.7 Å². The molecule has 1 aliphatic heterocycles. The maximum Gasteiger partial charge on any atom is 0.342 e. The second kappa shape index (κ2) is 10.4. The van der Waals surface area contributed by atoms with Crippen LogP contribution < -0.4 is 5.32 Å². The molecule has 0 spiro atoms. The van der Waals surface area contributed by atoms with Gasteiger partial charge in [0.2, 0.25) is 0 Å². The molecule has 9 heteroatoms. The number of carbonyl (C=O) groups is 1. The van der Waals surface area contributed by atoms with E-state index >= 15 is 0 Å². The second-order valence-electron chi connectivity index (χ2n) is 7.37. The van der Waals surface area contributed by atoms with Crippen LogP contribution in [0.2, 0.25) is 10.0 Å². The predicted octanol–water partition coefficient (Wildman–Crippen LogP) is 4.57. The van der Waals surface area contributed by atoms with Crippen LogP contribution in [0, 0.1) is 0 Å². The van der Waals surface area contributed by atoms with Gasteiger partial charge in [-0.15, -0.1) is 0 Å². The smallest absolute Gasteiger partial charge is 0.330 e. The highest BCUT2D eigenvalue weighted by Gasteiger charge is 2.29. The predicted molar refractivity (Wildman–Crippen MR) is 118 cm³/mol. The molecule has 30 heavy (non-hydrogen) atoms. The molecule has 2 amide bonds. The van der Waals surface area contributed by atoms with E-state index in [9.17, 15) is 4.79 Å². The Morgan fingerprint density at radius 2 is 2.03 bits per heavy atom. The Morgan fingerprint density at radius 3 is 2.67 bits per heavy atom. The fraction of sp³-hybridized carbons (Fsp3) is 0.476. The molecular formula is C21H27Cl2N5O2. The van der Waals surface area contributed by atoms with E-state index < -0.39 is 0 Å². The SMILES string of the molecule is CCON(C(=O)NC(C)c1ccc(-c2cnccn2)c(Cl)c1Cl)C1CCN(C)CC1. The molecule has 1 aromatic heterocycles. The molecule has 0 saturated carbocycles. The number of likely N-dealkylation sites (tertiary alicyclic amines) is 1. The summed E-state index contributed by atoms with van der Waals surface area (Å²) in [6, 6.07) is 3.11. The molecule has 0 bridgehead atoms. The van der Waals surface area contributed by atoms with Gasteiger partial charge in [0, 0.05) is 18.0 Å². The van der Waals surface area contributed by atoms with Crippen LogP contribution in [0.15, 0.2) is 30.7 Å². The van der Waals surface area contributed by atoms with Crippen molar-refractivity contribution < 1.29 is 9.63 Å². The van der Waals surface area contributed by atoms with Crippen LogP contribution in [0.5, 0.6) is 0 Å². The number of nitrogens with one attached hydrogen (secondary N) is 1. The molecule has 1 aromatic carbocycles. The number of aromatic nitrogens is 2. The van der Waals surface area contributed by atoms with Crippen molar-refractivity contribution in [3.63, 3.8) is 0 Å². The molecule has 2 heterocycles. The summed E-state index contributed by atoms with van der Waals surface area (Å²) in [6.07, 6.45) is 6.57. The minimum absolute atomic E-state index is 0.0476. The maximum atomic E-state index is 13.0. The first-order valence-corrected chi connectivity index (χ1v) is 10.8. The standard InChI is InChI=1S/C21H27Cl2N5O2/c1-4-30-28(15-7-11-27(3)12-8-15)21(29)26-14(2)16-5-6-17(20(23)19(16)22)18-13-24-9-10-25-18/h5-6,9-10,13-15H,4,7-8,11-12H2,1-3H3,(H,26,29). The average Bonchev–Trinajstić information content (AvgIpc) is 2.75. The number of hydrogen-bond acceptors (Lipinski definition) is 5. The molecule has 1 fully saturated rings. The number of hydrogen-bond donors (Lipinski definition) is 1. The molecular weight excluding hydrogens is 425 g/mol. The van der Waals surface area contributed by atoms with Crippen LogP contribution in [0.25, 0.3) is 11.3 Å². The lowest BCUT2D eigenvalue weighted by Crippen LogP contribution is -2.50. The highest BCUT2D eigenvalue weighted by molar-refractivity contribution is 6.44. The van der Waals surface area contributed by atoms with Crippen LogP contribution in [0.3, 0.4) is 0 Å². The van der Waals surface area contributed by atoms with E-state index in [0.29, 0.717) is 27.9 Å². The first kappa shape index (κ1) is 22.7. The number of halogens is 2. The summed E-state index contributed by atoms with van der Waals surface area (Å²) in [7, 11) is 2.08. The normalized spacial score (nSPS) is 16.3. The van der Waals surface area contributed by atoms with Crippen LogP contribution in [0.4, 0.5) is 4.79 Å². The number of rotatable bonds is 6. The van der Waals surface area contributed by atoms with Gasteiger partial charge in [0.1, 0.15) is 0 Å². The average molecular weight is 452 g/mol. The van der Waals surface area contributed by atoms with Gasteiger partial charge in [0.15, 0.2) is 0 Å². The first-order chi connectivity index (χ1) is 14.4. The van der Waals surface area contributed by atoms with Gasteiger partial charge in [-0.2, -0.15) is 0 Å². The minimum Gasteiger partial charge on any atom is -0.330 e. The number of piperidine rings is 1. The molecule has 162 valence electrons. The Hall–Kier alpha value is -1.93.